The highest BCUT2D eigenvalue weighted by Crippen LogP contribution is 2.22. The van der Waals surface area contributed by atoms with Gasteiger partial charge in [0.05, 0.1) is 24.3 Å². The summed E-state index contributed by atoms with van der Waals surface area (Å²) in [5.41, 5.74) is 1.43. The third kappa shape index (κ3) is 2.57. The molecule has 3 rings (SSSR count). The molecule has 0 bridgehead atoms. The van der Waals surface area contributed by atoms with Crippen LogP contribution in [0, 0.1) is 6.92 Å². The number of carboxylic acids is 1. The highest BCUT2D eigenvalue weighted by Gasteiger charge is 2.36. The normalized spacial score (nSPS) is 17.4. The summed E-state index contributed by atoms with van der Waals surface area (Å²) in [5.74, 6) is -1.06. The molecule has 9 nitrogen and oxygen atoms in total. The molecule has 0 aliphatic carbocycles. The van der Waals surface area contributed by atoms with E-state index in [1.165, 1.54) is 22.6 Å². The molecule has 1 atom stereocenters. The number of hydrogen-bond acceptors (Lipinski definition) is 6. The zero-order valence-electron chi connectivity index (χ0n) is 11.0. The number of carbonyl (C=O) groups excluding carboxylic acids is 1. The van der Waals surface area contributed by atoms with E-state index in [-0.39, 0.29) is 13.0 Å². The topological polar surface area (TPSA) is 124 Å². The van der Waals surface area contributed by atoms with E-state index in [1.807, 2.05) is 0 Å². The minimum atomic E-state index is -1.06. The maximum absolute atomic E-state index is 12.3. The van der Waals surface area contributed by atoms with Crippen molar-refractivity contribution in [1.29, 1.82) is 0 Å². The second kappa shape index (κ2) is 5.13. The fraction of sp³-hybridized carbons (Fsp3) is 0.364. The van der Waals surface area contributed by atoms with E-state index in [2.05, 4.69) is 25.5 Å². The first kappa shape index (κ1) is 13.5. The Balaban J connectivity index is 1.81. The fourth-order valence-electron chi connectivity index (χ4n) is 2.18. The number of anilines is 1. The number of nitrogens with zero attached hydrogens (tertiary/aromatic N) is 4. The average molecular weight is 308 g/mol. The van der Waals surface area contributed by atoms with Gasteiger partial charge in [-0.15, -0.1) is 10.2 Å². The molecular formula is C11H12N6O3S. The summed E-state index contributed by atoms with van der Waals surface area (Å²) in [4.78, 5) is 31.9. The minimum absolute atomic E-state index is 0.163. The van der Waals surface area contributed by atoms with Crippen molar-refractivity contribution in [2.45, 2.75) is 25.9 Å². The first-order chi connectivity index (χ1) is 10.0. The molecule has 0 spiro atoms. The molecule has 0 aromatic carbocycles. The maximum atomic E-state index is 12.3. The smallest absolute Gasteiger partial charge is 0.326 e. The van der Waals surface area contributed by atoms with Gasteiger partial charge in [0.1, 0.15) is 11.0 Å². The van der Waals surface area contributed by atoms with E-state index in [0.29, 0.717) is 10.8 Å². The zero-order valence-corrected chi connectivity index (χ0v) is 11.8. The van der Waals surface area contributed by atoms with E-state index >= 15 is 0 Å². The highest BCUT2D eigenvalue weighted by atomic mass is 32.1. The molecule has 0 saturated heterocycles. The standard InChI is InChI=1S/C11H12N6O3S/c1-5-15-16-10(21-5)14-11(20)17-3-7-6(12-4-13-7)2-8(17)9(18)19/h4,8H,2-3H2,1H3,(H,12,13)(H,18,19)(H,14,16,20). The van der Waals surface area contributed by atoms with E-state index in [4.69, 9.17) is 0 Å². The SMILES string of the molecule is Cc1nnc(NC(=O)N2Cc3[nH]cnc3CC2C(=O)O)s1. The highest BCUT2D eigenvalue weighted by molar-refractivity contribution is 7.15. The number of imidazole rings is 1. The number of H-pyrrole nitrogens is 1. The molecule has 2 amide bonds. The van der Waals surface area contributed by atoms with Gasteiger partial charge in [0.25, 0.3) is 0 Å². The lowest BCUT2D eigenvalue weighted by atomic mass is 10.0. The summed E-state index contributed by atoms with van der Waals surface area (Å²) >= 11 is 1.23. The van der Waals surface area contributed by atoms with Crippen LogP contribution in [-0.4, -0.2) is 48.2 Å². The van der Waals surface area contributed by atoms with Gasteiger partial charge in [0, 0.05) is 6.42 Å². The molecule has 2 aromatic heterocycles. The van der Waals surface area contributed by atoms with Gasteiger partial charge in [-0.2, -0.15) is 0 Å². The summed E-state index contributed by atoms with van der Waals surface area (Å²) in [6.45, 7) is 1.93. The Kier molecular flexibility index (Phi) is 3.29. The van der Waals surface area contributed by atoms with Crippen molar-refractivity contribution in [2.24, 2.45) is 0 Å². The molecule has 3 heterocycles. The number of fused-ring (bicyclic) bond motifs is 1. The van der Waals surface area contributed by atoms with Crippen molar-refractivity contribution in [2.75, 3.05) is 5.32 Å². The molecule has 10 heteroatoms. The lowest BCUT2D eigenvalue weighted by Gasteiger charge is -2.31. The predicted octanol–water partition coefficient (Wildman–Crippen LogP) is 0.613. The number of aromatic amines is 1. The average Bonchev–Trinajstić information content (AvgIpc) is 3.05. The quantitative estimate of drug-likeness (QED) is 0.746. The van der Waals surface area contributed by atoms with Crippen molar-refractivity contribution < 1.29 is 14.7 Å². The maximum Gasteiger partial charge on any atom is 0.326 e. The van der Waals surface area contributed by atoms with Gasteiger partial charge in [0.15, 0.2) is 0 Å². The number of carboxylic acid groups (broad SMARTS) is 1. The van der Waals surface area contributed by atoms with Crippen LogP contribution < -0.4 is 5.32 Å². The molecule has 3 N–H and O–H groups in total. The number of aryl methyl sites for hydroxylation is 1. The molecule has 1 aliphatic rings. The molecule has 1 unspecified atom stereocenters. The van der Waals surface area contributed by atoms with E-state index < -0.39 is 18.0 Å². The van der Waals surface area contributed by atoms with Crippen molar-refractivity contribution in [3.05, 3.63) is 22.7 Å². The Morgan fingerprint density at radius 2 is 2.33 bits per heavy atom. The largest absolute Gasteiger partial charge is 0.480 e. The molecule has 0 radical (unpaired) electrons. The van der Waals surface area contributed by atoms with Crippen molar-refractivity contribution in [3.8, 4) is 0 Å². The molecule has 0 saturated carbocycles. The van der Waals surface area contributed by atoms with Gasteiger partial charge in [-0.05, 0) is 6.92 Å². The summed E-state index contributed by atoms with van der Waals surface area (Å²) in [7, 11) is 0. The Hall–Kier alpha value is -2.49. The number of nitrogens with one attached hydrogen (secondary N) is 2. The van der Waals surface area contributed by atoms with Crippen molar-refractivity contribution in [3.63, 3.8) is 0 Å². The number of carbonyl (C=O) groups is 2. The van der Waals surface area contributed by atoms with Gasteiger partial charge in [-0.1, -0.05) is 11.3 Å². The van der Waals surface area contributed by atoms with Crippen molar-refractivity contribution >= 4 is 28.5 Å². The number of hydrogen-bond donors (Lipinski definition) is 3. The lowest BCUT2D eigenvalue weighted by molar-refractivity contribution is -0.142. The van der Waals surface area contributed by atoms with E-state index in [0.717, 1.165) is 10.7 Å². The zero-order chi connectivity index (χ0) is 15.0. The summed E-state index contributed by atoms with van der Waals surface area (Å²) < 4.78 is 0. The van der Waals surface area contributed by atoms with E-state index in [9.17, 15) is 14.7 Å². The Labute approximate surface area is 123 Å². The first-order valence-corrected chi connectivity index (χ1v) is 6.98. The first-order valence-electron chi connectivity index (χ1n) is 6.16. The minimum Gasteiger partial charge on any atom is -0.480 e. The molecule has 1 aliphatic heterocycles. The number of aliphatic carboxylic acids is 1. The third-order valence-electron chi connectivity index (χ3n) is 3.18. The summed E-state index contributed by atoms with van der Waals surface area (Å²) in [5, 5.41) is 20.5. The van der Waals surface area contributed by atoms with Crippen LogP contribution in [0.5, 0.6) is 0 Å². The predicted molar refractivity (Wildman–Crippen MR) is 72.9 cm³/mol. The van der Waals surface area contributed by atoms with Gasteiger partial charge in [-0.3, -0.25) is 5.32 Å². The number of rotatable bonds is 2. The number of amides is 2. The fourth-order valence-corrected chi connectivity index (χ4v) is 2.76. The second-order valence-corrected chi connectivity index (χ2v) is 5.75. The van der Waals surface area contributed by atoms with Crippen LogP contribution in [0.1, 0.15) is 16.4 Å². The van der Waals surface area contributed by atoms with Gasteiger partial charge in [-0.25, -0.2) is 14.6 Å². The number of urea groups is 1. The van der Waals surface area contributed by atoms with Gasteiger partial charge in [0.2, 0.25) is 5.13 Å². The molecular weight excluding hydrogens is 296 g/mol. The lowest BCUT2D eigenvalue weighted by Crippen LogP contribution is -2.50. The Morgan fingerprint density at radius 3 is 3.00 bits per heavy atom. The second-order valence-electron chi connectivity index (χ2n) is 4.57. The van der Waals surface area contributed by atoms with Crippen LogP contribution in [0.15, 0.2) is 6.33 Å². The molecule has 21 heavy (non-hydrogen) atoms. The molecule has 0 fully saturated rings. The Bertz CT molecular complexity index is 696. The van der Waals surface area contributed by atoms with Gasteiger partial charge >= 0.3 is 12.0 Å². The van der Waals surface area contributed by atoms with Gasteiger partial charge < -0.3 is 15.0 Å². The Morgan fingerprint density at radius 1 is 1.52 bits per heavy atom. The monoisotopic (exact) mass is 308 g/mol. The van der Waals surface area contributed by atoms with Crippen LogP contribution in [0.4, 0.5) is 9.93 Å². The van der Waals surface area contributed by atoms with Crippen LogP contribution in [-0.2, 0) is 17.8 Å². The van der Waals surface area contributed by atoms with Crippen LogP contribution in [0.25, 0.3) is 0 Å². The molecule has 2 aromatic rings. The van der Waals surface area contributed by atoms with Crippen LogP contribution >= 0.6 is 11.3 Å². The number of aromatic nitrogens is 4. The molecule has 110 valence electrons. The summed E-state index contributed by atoms with van der Waals surface area (Å²) in [6.07, 6.45) is 1.68. The van der Waals surface area contributed by atoms with Crippen LogP contribution in [0.3, 0.4) is 0 Å². The van der Waals surface area contributed by atoms with Crippen molar-refractivity contribution in [1.82, 2.24) is 25.1 Å². The summed E-state index contributed by atoms with van der Waals surface area (Å²) in [6, 6.07) is -1.46. The van der Waals surface area contributed by atoms with Crippen LogP contribution in [0.2, 0.25) is 0 Å². The van der Waals surface area contributed by atoms with E-state index in [1.54, 1.807) is 6.92 Å². The third-order valence-corrected chi connectivity index (χ3v) is 3.94.